The van der Waals surface area contributed by atoms with Crippen LogP contribution in [-0.4, -0.2) is 95.7 Å². The number of nitrogens with zero attached hydrogens (tertiary/aromatic N) is 3. The maximum Gasteiger partial charge on any atom is 0.323 e. The molecule has 1 fully saturated rings. The first-order valence-electron chi connectivity index (χ1n) is 17.3. The molecule has 2 heterocycles. The maximum absolute atomic E-state index is 14.4. The normalized spacial score (nSPS) is 22.1. The Hall–Kier alpha value is -3.84. The summed E-state index contributed by atoms with van der Waals surface area (Å²) >= 11 is 0. The average molecular weight is 671 g/mol. The number of ether oxygens (including phenoxy) is 2. The van der Waals surface area contributed by atoms with Crippen molar-refractivity contribution in [1.29, 1.82) is 0 Å². The number of fused-ring (bicyclic) bond motifs is 1. The highest BCUT2D eigenvalue weighted by Gasteiger charge is 2.31. The van der Waals surface area contributed by atoms with E-state index in [-0.39, 0.29) is 54.8 Å². The number of aliphatic hydroxyl groups excluding tert-OH is 1. The first-order valence-corrected chi connectivity index (χ1v) is 17.3. The van der Waals surface area contributed by atoms with Crippen molar-refractivity contribution >= 4 is 29.3 Å². The van der Waals surface area contributed by atoms with Gasteiger partial charge in [-0.25, -0.2) is 9.59 Å². The van der Waals surface area contributed by atoms with E-state index in [1.54, 1.807) is 55.8 Å². The first kappa shape index (κ1) is 37.0. The molecule has 266 valence electrons. The van der Waals surface area contributed by atoms with Gasteiger partial charge in [0.05, 0.1) is 30.4 Å². The molecule has 1 aliphatic carbocycles. The summed E-state index contributed by atoms with van der Waals surface area (Å²) < 4.78 is 17.8. The van der Waals surface area contributed by atoms with Crippen LogP contribution < -0.4 is 20.7 Å². The molecule has 0 bridgehead atoms. The lowest BCUT2D eigenvalue weighted by molar-refractivity contribution is -0.0123. The van der Waals surface area contributed by atoms with E-state index in [1.807, 2.05) is 13.8 Å². The molecule has 0 radical (unpaired) electrons. The Kier molecular flexibility index (Phi) is 13.5. The summed E-state index contributed by atoms with van der Waals surface area (Å²) in [5, 5.41) is 22.8. The van der Waals surface area contributed by atoms with Crippen molar-refractivity contribution in [2.75, 3.05) is 44.0 Å². The van der Waals surface area contributed by atoms with Crippen molar-refractivity contribution in [2.45, 2.75) is 110 Å². The van der Waals surface area contributed by atoms with Gasteiger partial charge in [-0.2, -0.15) is 0 Å². The number of aryl methyl sites for hydroxylation is 2. The van der Waals surface area contributed by atoms with E-state index in [0.29, 0.717) is 41.7 Å². The van der Waals surface area contributed by atoms with Crippen LogP contribution in [0.15, 0.2) is 22.7 Å². The summed E-state index contributed by atoms with van der Waals surface area (Å²) in [6.07, 6.45) is 7.37. The molecular weight excluding hydrogens is 616 g/mol. The summed E-state index contributed by atoms with van der Waals surface area (Å²) in [5.74, 6) is 0.349. The lowest BCUT2D eigenvalue weighted by atomic mass is 9.96. The number of aliphatic hydroxyl groups is 1. The zero-order chi connectivity index (χ0) is 34.8. The highest BCUT2D eigenvalue weighted by atomic mass is 16.5. The van der Waals surface area contributed by atoms with Gasteiger partial charge in [0.1, 0.15) is 17.1 Å². The number of nitrogens with one attached hydrogen (secondary N) is 3. The number of carbonyl (C=O) groups is 3. The third-order valence-electron chi connectivity index (χ3n) is 9.31. The van der Waals surface area contributed by atoms with Gasteiger partial charge in [0.15, 0.2) is 5.76 Å². The molecule has 1 saturated carbocycles. The number of rotatable bonds is 7. The van der Waals surface area contributed by atoms with Gasteiger partial charge in [0.2, 0.25) is 0 Å². The molecule has 13 nitrogen and oxygen atoms in total. The average Bonchev–Trinajstić information content (AvgIpc) is 3.38. The minimum absolute atomic E-state index is 0.118. The van der Waals surface area contributed by atoms with Crippen LogP contribution in [0, 0.1) is 19.8 Å². The number of amides is 5. The Bertz CT molecular complexity index is 1360. The predicted molar refractivity (Wildman–Crippen MR) is 184 cm³/mol. The zero-order valence-corrected chi connectivity index (χ0v) is 29.3. The van der Waals surface area contributed by atoms with Gasteiger partial charge in [-0.1, -0.05) is 31.3 Å². The summed E-state index contributed by atoms with van der Waals surface area (Å²) in [7, 11) is 1.78. The molecule has 1 aromatic heterocycles. The molecule has 13 heteroatoms. The molecule has 48 heavy (non-hydrogen) atoms. The molecule has 4 rings (SSSR count). The molecule has 0 unspecified atom stereocenters. The van der Waals surface area contributed by atoms with Crippen molar-refractivity contribution in [1.82, 2.24) is 20.3 Å². The second kappa shape index (κ2) is 17.5. The minimum atomic E-state index is -0.523. The van der Waals surface area contributed by atoms with E-state index >= 15 is 0 Å². The fourth-order valence-electron chi connectivity index (χ4n) is 6.28. The minimum Gasteiger partial charge on any atom is -0.490 e. The van der Waals surface area contributed by atoms with Crippen LogP contribution in [0.4, 0.5) is 21.0 Å². The number of hydrogen-bond acceptors (Lipinski definition) is 8. The van der Waals surface area contributed by atoms with Crippen molar-refractivity contribution in [3.8, 4) is 5.75 Å². The SMILES string of the molecule is Cc1noc(C)c1NC(=O)Nc1ccc2c(c1)C(=O)N([C@@H](C)CO)C[C@@H](C)[C@@H](CN(C)C(=O)NC1CCCCC1)OCCCC[C@H](C)O2. The fourth-order valence-corrected chi connectivity index (χ4v) is 6.28. The van der Waals surface area contributed by atoms with E-state index < -0.39 is 12.1 Å². The number of benzene rings is 1. The van der Waals surface area contributed by atoms with Crippen molar-refractivity contribution in [2.24, 2.45) is 5.92 Å². The Morgan fingerprint density at radius 2 is 1.81 bits per heavy atom. The lowest BCUT2D eigenvalue weighted by Crippen LogP contribution is -2.50. The quantitative estimate of drug-likeness (QED) is 0.292. The van der Waals surface area contributed by atoms with Crippen LogP contribution in [0.3, 0.4) is 0 Å². The molecule has 4 atom stereocenters. The van der Waals surface area contributed by atoms with Gasteiger partial charge >= 0.3 is 12.1 Å². The van der Waals surface area contributed by atoms with Crippen LogP contribution in [0.5, 0.6) is 5.75 Å². The highest BCUT2D eigenvalue weighted by Crippen LogP contribution is 2.29. The number of urea groups is 2. The Balaban J connectivity index is 1.57. The molecule has 2 aliphatic rings. The number of anilines is 2. The molecule has 0 spiro atoms. The molecule has 1 aromatic carbocycles. The van der Waals surface area contributed by atoms with E-state index in [9.17, 15) is 19.5 Å². The van der Waals surface area contributed by atoms with Crippen LogP contribution in [0.2, 0.25) is 0 Å². The van der Waals surface area contributed by atoms with Gasteiger partial charge in [0, 0.05) is 44.4 Å². The zero-order valence-electron chi connectivity index (χ0n) is 29.3. The fraction of sp³-hybridized carbons (Fsp3) is 0.657. The van der Waals surface area contributed by atoms with E-state index in [4.69, 9.17) is 14.0 Å². The third kappa shape index (κ3) is 10.1. The van der Waals surface area contributed by atoms with Crippen LogP contribution in [-0.2, 0) is 4.74 Å². The van der Waals surface area contributed by atoms with Crippen molar-refractivity contribution in [3.63, 3.8) is 0 Å². The van der Waals surface area contributed by atoms with Crippen LogP contribution in [0.1, 0.15) is 93.9 Å². The molecule has 1 aliphatic heterocycles. The highest BCUT2D eigenvalue weighted by molar-refractivity contribution is 6.03. The number of carbonyl (C=O) groups excluding carboxylic acids is 3. The molecule has 4 N–H and O–H groups in total. The van der Waals surface area contributed by atoms with E-state index in [1.165, 1.54) is 6.42 Å². The van der Waals surface area contributed by atoms with Crippen LogP contribution in [0.25, 0.3) is 0 Å². The Morgan fingerprint density at radius 3 is 2.50 bits per heavy atom. The smallest absolute Gasteiger partial charge is 0.323 e. The Labute approximate surface area is 284 Å². The Morgan fingerprint density at radius 1 is 1.08 bits per heavy atom. The third-order valence-corrected chi connectivity index (χ3v) is 9.31. The summed E-state index contributed by atoms with van der Waals surface area (Å²) in [4.78, 5) is 43.7. The molecule has 5 amide bonds. The van der Waals surface area contributed by atoms with Gasteiger partial charge in [0.25, 0.3) is 5.91 Å². The number of likely N-dealkylation sites (N-methyl/N-ethyl adjacent to an activating group) is 1. The second-order valence-electron chi connectivity index (χ2n) is 13.5. The van der Waals surface area contributed by atoms with Gasteiger partial charge in [-0.3, -0.25) is 4.79 Å². The van der Waals surface area contributed by atoms with E-state index in [0.717, 1.165) is 44.9 Å². The summed E-state index contributed by atoms with van der Waals surface area (Å²) in [5.41, 5.74) is 1.68. The summed E-state index contributed by atoms with van der Waals surface area (Å²) in [6.45, 7) is 10.1. The summed E-state index contributed by atoms with van der Waals surface area (Å²) in [6, 6.07) is 4.02. The maximum atomic E-state index is 14.4. The molecule has 2 aromatic rings. The molecular formula is C35H54N6O7. The first-order chi connectivity index (χ1) is 23.0. The topological polar surface area (TPSA) is 158 Å². The van der Waals surface area contributed by atoms with Crippen molar-refractivity contribution < 1.29 is 33.5 Å². The standard InChI is InChI=1S/C35H54N6O7/c1-22-19-41(23(2)21-42)33(43)29-18-28(36-34(44)38-32-25(4)39-48-26(32)5)15-16-30(29)47-24(3)12-10-11-17-46-31(22)20-40(6)35(45)37-27-13-8-7-9-14-27/h15-16,18,22-24,27,31,42H,7-14,17,19-21H2,1-6H3,(H,37,45)(H2,36,38,44)/t22-,23+,24+,31-/m1/s1. The van der Waals surface area contributed by atoms with Crippen LogP contribution >= 0.6 is 0 Å². The van der Waals surface area contributed by atoms with E-state index in [2.05, 4.69) is 21.1 Å². The number of aromatic nitrogens is 1. The largest absolute Gasteiger partial charge is 0.490 e. The number of hydrogen-bond donors (Lipinski definition) is 4. The monoisotopic (exact) mass is 670 g/mol. The van der Waals surface area contributed by atoms with Gasteiger partial charge in [-0.15, -0.1) is 0 Å². The van der Waals surface area contributed by atoms with Crippen molar-refractivity contribution in [3.05, 3.63) is 35.2 Å². The van der Waals surface area contributed by atoms with Gasteiger partial charge < -0.3 is 44.9 Å². The second-order valence-corrected chi connectivity index (χ2v) is 13.5. The predicted octanol–water partition coefficient (Wildman–Crippen LogP) is 5.71. The van der Waals surface area contributed by atoms with Gasteiger partial charge in [-0.05, 0) is 78.0 Å². The molecule has 0 saturated heterocycles. The lowest BCUT2D eigenvalue weighted by Gasteiger charge is -2.36.